The predicted octanol–water partition coefficient (Wildman–Crippen LogP) is 1.87. The monoisotopic (exact) mass is 232 g/mol. The summed E-state index contributed by atoms with van der Waals surface area (Å²) in [4.78, 5) is 15.6. The van der Waals surface area contributed by atoms with Crippen LogP contribution in [0.2, 0.25) is 0 Å². The van der Waals surface area contributed by atoms with Gasteiger partial charge in [-0.1, -0.05) is 18.2 Å². The summed E-state index contributed by atoms with van der Waals surface area (Å²) in [6.45, 7) is 1.77. The Balaban J connectivity index is 2.01. The quantitative estimate of drug-likeness (QED) is 0.847. The zero-order chi connectivity index (χ0) is 12.3. The molecule has 1 heterocycles. The van der Waals surface area contributed by atoms with Crippen LogP contribution in [0.25, 0.3) is 0 Å². The third-order valence-electron chi connectivity index (χ3n) is 2.21. The van der Waals surface area contributed by atoms with E-state index < -0.39 is 0 Å². The van der Waals surface area contributed by atoms with Gasteiger partial charge in [0, 0.05) is 5.56 Å². The molecule has 0 bridgehead atoms. The standard InChI is InChI=1S/C12H12N2O3/c1-8-7-17-12(13-8)14-11(16)6-9-4-2-3-5-10(9)15/h2-5,7,15H,6H2,1H3,(H,13,14,16). The highest BCUT2D eigenvalue weighted by molar-refractivity contribution is 5.90. The molecule has 0 spiro atoms. The molecule has 2 aromatic rings. The second kappa shape index (κ2) is 4.69. The molecule has 0 radical (unpaired) electrons. The first-order chi connectivity index (χ1) is 8.15. The van der Waals surface area contributed by atoms with Crippen molar-refractivity contribution in [1.82, 2.24) is 4.98 Å². The number of anilines is 1. The number of nitrogens with zero attached hydrogens (tertiary/aromatic N) is 1. The van der Waals surface area contributed by atoms with E-state index in [-0.39, 0.29) is 24.1 Å². The van der Waals surface area contributed by atoms with Gasteiger partial charge in [0.1, 0.15) is 12.0 Å². The van der Waals surface area contributed by atoms with E-state index in [1.54, 1.807) is 25.1 Å². The van der Waals surface area contributed by atoms with Crippen LogP contribution < -0.4 is 5.32 Å². The summed E-state index contributed by atoms with van der Waals surface area (Å²) >= 11 is 0. The highest BCUT2D eigenvalue weighted by Gasteiger charge is 2.09. The van der Waals surface area contributed by atoms with Crippen LogP contribution in [0, 0.1) is 6.92 Å². The minimum Gasteiger partial charge on any atom is -0.508 e. The Morgan fingerprint density at radius 1 is 1.47 bits per heavy atom. The molecule has 0 aliphatic rings. The number of phenolic OH excluding ortho intramolecular Hbond substituents is 1. The van der Waals surface area contributed by atoms with Gasteiger partial charge in [0.15, 0.2) is 0 Å². The molecular formula is C12H12N2O3. The van der Waals surface area contributed by atoms with E-state index in [4.69, 9.17) is 4.42 Å². The van der Waals surface area contributed by atoms with Crippen molar-refractivity contribution in [2.75, 3.05) is 5.32 Å². The number of oxazole rings is 1. The molecule has 1 amide bonds. The van der Waals surface area contributed by atoms with Crippen molar-refractivity contribution in [2.24, 2.45) is 0 Å². The molecule has 0 aliphatic heterocycles. The Kier molecular flexibility index (Phi) is 3.09. The normalized spacial score (nSPS) is 10.2. The van der Waals surface area contributed by atoms with Crippen LogP contribution in [0.5, 0.6) is 5.75 Å². The smallest absolute Gasteiger partial charge is 0.301 e. The van der Waals surface area contributed by atoms with Crippen molar-refractivity contribution in [3.8, 4) is 5.75 Å². The van der Waals surface area contributed by atoms with Crippen LogP contribution in [0.3, 0.4) is 0 Å². The van der Waals surface area contributed by atoms with Gasteiger partial charge in [-0.05, 0) is 13.0 Å². The van der Waals surface area contributed by atoms with Crippen molar-refractivity contribution in [3.63, 3.8) is 0 Å². The topological polar surface area (TPSA) is 75.4 Å². The van der Waals surface area contributed by atoms with Gasteiger partial charge in [-0.2, -0.15) is 4.98 Å². The number of phenols is 1. The van der Waals surface area contributed by atoms with Gasteiger partial charge in [-0.3, -0.25) is 10.1 Å². The molecule has 0 atom stereocenters. The number of aromatic nitrogens is 1. The number of hydrogen-bond acceptors (Lipinski definition) is 4. The number of carbonyl (C=O) groups is 1. The van der Waals surface area contributed by atoms with Crippen molar-refractivity contribution in [3.05, 3.63) is 41.8 Å². The van der Waals surface area contributed by atoms with Crippen LogP contribution in [-0.4, -0.2) is 16.0 Å². The summed E-state index contributed by atoms with van der Waals surface area (Å²) in [7, 11) is 0. The van der Waals surface area contributed by atoms with Gasteiger partial charge in [-0.15, -0.1) is 0 Å². The van der Waals surface area contributed by atoms with E-state index >= 15 is 0 Å². The van der Waals surface area contributed by atoms with Crippen molar-refractivity contribution < 1.29 is 14.3 Å². The van der Waals surface area contributed by atoms with E-state index in [1.807, 2.05) is 0 Å². The zero-order valence-corrected chi connectivity index (χ0v) is 9.30. The number of rotatable bonds is 3. The lowest BCUT2D eigenvalue weighted by atomic mass is 10.1. The average Bonchev–Trinajstić information content (AvgIpc) is 2.67. The van der Waals surface area contributed by atoms with Crippen LogP contribution in [0.15, 0.2) is 34.9 Å². The Morgan fingerprint density at radius 2 is 2.24 bits per heavy atom. The maximum atomic E-state index is 11.6. The highest BCUT2D eigenvalue weighted by atomic mass is 16.4. The van der Waals surface area contributed by atoms with Crippen molar-refractivity contribution >= 4 is 11.9 Å². The first kappa shape index (κ1) is 11.2. The summed E-state index contributed by atoms with van der Waals surface area (Å²) in [5.74, 6) is -0.181. The first-order valence-corrected chi connectivity index (χ1v) is 5.14. The fraction of sp³-hybridized carbons (Fsp3) is 0.167. The van der Waals surface area contributed by atoms with Crippen LogP contribution in [0.1, 0.15) is 11.3 Å². The van der Waals surface area contributed by atoms with Gasteiger partial charge >= 0.3 is 6.01 Å². The lowest BCUT2D eigenvalue weighted by molar-refractivity contribution is -0.115. The molecule has 0 saturated carbocycles. The zero-order valence-electron chi connectivity index (χ0n) is 9.30. The summed E-state index contributed by atoms with van der Waals surface area (Å²) in [6.07, 6.45) is 1.53. The van der Waals surface area contributed by atoms with Gasteiger partial charge in [-0.25, -0.2) is 0 Å². The number of para-hydroxylation sites is 1. The maximum absolute atomic E-state index is 11.6. The summed E-state index contributed by atoms with van der Waals surface area (Å²) in [6, 6.07) is 6.86. The second-order valence-corrected chi connectivity index (χ2v) is 3.65. The van der Waals surface area contributed by atoms with Crippen LogP contribution in [-0.2, 0) is 11.2 Å². The fourth-order valence-corrected chi connectivity index (χ4v) is 1.41. The Labute approximate surface area is 98.1 Å². The lowest BCUT2D eigenvalue weighted by Gasteiger charge is -2.03. The van der Waals surface area contributed by atoms with Crippen molar-refractivity contribution in [1.29, 1.82) is 0 Å². The number of aryl methyl sites for hydroxylation is 1. The number of carbonyl (C=O) groups excluding carboxylic acids is 1. The lowest BCUT2D eigenvalue weighted by Crippen LogP contribution is -2.14. The molecule has 0 fully saturated rings. The van der Waals surface area contributed by atoms with E-state index in [0.29, 0.717) is 11.3 Å². The molecule has 0 unspecified atom stereocenters. The summed E-state index contributed by atoms with van der Waals surface area (Å²) in [5.41, 5.74) is 1.26. The van der Waals surface area contributed by atoms with Gasteiger partial charge in [0.05, 0.1) is 12.1 Å². The van der Waals surface area contributed by atoms with Gasteiger partial charge in [0.2, 0.25) is 5.91 Å². The van der Waals surface area contributed by atoms with Crippen molar-refractivity contribution in [2.45, 2.75) is 13.3 Å². The number of hydrogen-bond donors (Lipinski definition) is 2. The fourth-order valence-electron chi connectivity index (χ4n) is 1.41. The molecule has 2 N–H and O–H groups in total. The van der Waals surface area contributed by atoms with E-state index in [0.717, 1.165) is 0 Å². The summed E-state index contributed by atoms with van der Waals surface area (Å²) in [5, 5.41) is 12.0. The Hall–Kier alpha value is -2.30. The molecule has 1 aromatic heterocycles. The third-order valence-corrected chi connectivity index (χ3v) is 2.21. The molecule has 0 saturated heterocycles. The predicted molar refractivity (Wildman–Crippen MR) is 61.7 cm³/mol. The Morgan fingerprint density at radius 3 is 2.88 bits per heavy atom. The van der Waals surface area contributed by atoms with Crippen LogP contribution >= 0.6 is 0 Å². The number of amides is 1. The molecule has 1 aromatic carbocycles. The molecule has 5 heteroatoms. The first-order valence-electron chi connectivity index (χ1n) is 5.14. The molecule has 2 rings (SSSR count). The minimum absolute atomic E-state index is 0.0775. The Bertz CT molecular complexity index is 534. The summed E-state index contributed by atoms with van der Waals surface area (Å²) < 4.78 is 5.00. The second-order valence-electron chi connectivity index (χ2n) is 3.65. The molecule has 5 nitrogen and oxygen atoms in total. The molecule has 0 aliphatic carbocycles. The number of aromatic hydroxyl groups is 1. The highest BCUT2D eigenvalue weighted by Crippen LogP contribution is 2.16. The number of benzene rings is 1. The molecule has 88 valence electrons. The SMILES string of the molecule is Cc1coc(NC(=O)Cc2ccccc2O)n1. The van der Waals surface area contributed by atoms with Crippen LogP contribution in [0.4, 0.5) is 6.01 Å². The maximum Gasteiger partial charge on any atom is 0.301 e. The number of nitrogens with one attached hydrogen (secondary N) is 1. The third kappa shape index (κ3) is 2.84. The van der Waals surface area contributed by atoms with E-state index in [9.17, 15) is 9.90 Å². The molecule has 17 heavy (non-hydrogen) atoms. The largest absolute Gasteiger partial charge is 0.508 e. The van der Waals surface area contributed by atoms with Gasteiger partial charge in [0.25, 0.3) is 0 Å². The molecular weight excluding hydrogens is 220 g/mol. The minimum atomic E-state index is -0.284. The van der Waals surface area contributed by atoms with E-state index in [2.05, 4.69) is 10.3 Å². The van der Waals surface area contributed by atoms with E-state index in [1.165, 1.54) is 12.3 Å². The average molecular weight is 232 g/mol. The van der Waals surface area contributed by atoms with Gasteiger partial charge < -0.3 is 9.52 Å².